The number of hydrogen-bond acceptors (Lipinski definition) is 3. The van der Waals surface area contributed by atoms with E-state index in [0.29, 0.717) is 11.5 Å². The third-order valence-corrected chi connectivity index (χ3v) is 2.81. The maximum absolute atomic E-state index is 11.3. The van der Waals surface area contributed by atoms with Gasteiger partial charge in [-0.3, -0.25) is 5.32 Å². The van der Waals surface area contributed by atoms with E-state index in [9.17, 15) is 9.59 Å². The van der Waals surface area contributed by atoms with Crippen LogP contribution in [0.5, 0.6) is 0 Å². The molecule has 0 unspecified atom stereocenters. The number of rotatable bonds is 4. The van der Waals surface area contributed by atoms with Crippen molar-refractivity contribution in [2.45, 2.75) is 20.3 Å². The van der Waals surface area contributed by atoms with Crippen LogP contribution in [0.2, 0.25) is 0 Å². The number of carboxylic acids is 1. The van der Waals surface area contributed by atoms with Gasteiger partial charge in [-0.2, -0.15) is 0 Å². The summed E-state index contributed by atoms with van der Waals surface area (Å²) in [7, 11) is 0. The molecule has 0 aliphatic rings. The molecule has 6 heteroatoms. The summed E-state index contributed by atoms with van der Waals surface area (Å²) in [5, 5.41) is 14.4. The van der Waals surface area contributed by atoms with Crippen LogP contribution in [0.3, 0.4) is 0 Å². The second-order valence-electron chi connectivity index (χ2n) is 3.29. The van der Waals surface area contributed by atoms with Crippen molar-refractivity contribution in [3.63, 3.8) is 0 Å². The van der Waals surface area contributed by atoms with E-state index in [0.717, 1.165) is 11.3 Å². The molecule has 2 amide bonds. The third-order valence-electron chi connectivity index (χ3n) is 1.85. The van der Waals surface area contributed by atoms with Crippen LogP contribution in [0.4, 0.5) is 9.80 Å². The minimum atomic E-state index is -1.03. The van der Waals surface area contributed by atoms with Gasteiger partial charge in [0.25, 0.3) is 0 Å². The Balaban J connectivity index is 2.72. The number of anilines is 1. The molecule has 0 saturated carbocycles. The monoisotopic (exact) mass is 242 g/mol. The molecule has 1 rings (SSSR count). The highest BCUT2D eigenvalue weighted by atomic mass is 32.1. The number of carboxylic acid groups (broad SMARTS) is 1. The van der Waals surface area contributed by atoms with E-state index in [2.05, 4.69) is 10.6 Å². The Morgan fingerprint density at radius 3 is 2.75 bits per heavy atom. The van der Waals surface area contributed by atoms with Crippen molar-refractivity contribution in [1.82, 2.24) is 5.32 Å². The molecule has 1 aromatic heterocycles. The lowest BCUT2D eigenvalue weighted by Crippen LogP contribution is -2.29. The Morgan fingerprint density at radius 2 is 2.19 bits per heavy atom. The number of hydrogen-bond donors (Lipinski definition) is 3. The zero-order chi connectivity index (χ0) is 12.1. The van der Waals surface area contributed by atoms with Gasteiger partial charge in [-0.05, 0) is 19.4 Å². The minimum absolute atomic E-state index is 0.133. The van der Waals surface area contributed by atoms with Crippen molar-refractivity contribution >= 4 is 28.3 Å². The van der Waals surface area contributed by atoms with Crippen molar-refractivity contribution < 1.29 is 14.7 Å². The van der Waals surface area contributed by atoms with Gasteiger partial charge in [-0.25, -0.2) is 9.59 Å². The molecule has 0 aromatic carbocycles. The Bertz CT molecular complexity index is 401. The molecule has 0 aliphatic heterocycles. The highest BCUT2D eigenvalue weighted by Gasteiger charge is 2.15. The van der Waals surface area contributed by atoms with Crippen LogP contribution in [-0.4, -0.2) is 23.7 Å². The largest absolute Gasteiger partial charge is 0.478 e. The van der Waals surface area contributed by atoms with Crippen molar-refractivity contribution in [2.24, 2.45) is 0 Å². The summed E-state index contributed by atoms with van der Waals surface area (Å²) in [5.41, 5.74) is 0.133. The maximum Gasteiger partial charge on any atom is 0.338 e. The molecule has 0 spiro atoms. The average Bonchev–Trinajstić information content (AvgIpc) is 2.56. The number of carbonyl (C=O) groups excluding carboxylic acids is 1. The fraction of sp³-hybridized carbons (Fsp3) is 0.400. The van der Waals surface area contributed by atoms with Crippen molar-refractivity contribution in [2.75, 3.05) is 11.9 Å². The SMILES string of the molecule is CCCNC(=O)Nc1sc(C)cc1C(=O)O. The molecular weight excluding hydrogens is 228 g/mol. The summed E-state index contributed by atoms with van der Waals surface area (Å²) in [6.07, 6.45) is 0.836. The normalized spacial score (nSPS) is 9.88. The van der Waals surface area contributed by atoms with E-state index in [1.807, 2.05) is 6.92 Å². The van der Waals surface area contributed by atoms with E-state index >= 15 is 0 Å². The molecule has 3 N–H and O–H groups in total. The van der Waals surface area contributed by atoms with Crippen molar-refractivity contribution in [3.8, 4) is 0 Å². The van der Waals surface area contributed by atoms with E-state index in [-0.39, 0.29) is 11.6 Å². The van der Waals surface area contributed by atoms with E-state index in [1.54, 1.807) is 13.0 Å². The molecule has 1 heterocycles. The Morgan fingerprint density at radius 1 is 1.50 bits per heavy atom. The number of amides is 2. The van der Waals surface area contributed by atoms with Gasteiger partial charge >= 0.3 is 12.0 Å². The van der Waals surface area contributed by atoms with Gasteiger partial charge in [0, 0.05) is 11.4 Å². The zero-order valence-electron chi connectivity index (χ0n) is 9.16. The third kappa shape index (κ3) is 3.23. The van der Waals surface area contributed by atoms with Gasteiger partial charge in [0.2, 0.25) is 0 Å². The number of aromatic carboxylic acids is 1. The number of carbonyl (C=O) groups is 2. The predicted molar refractivity (Wildman–Crippen MR) is 63.3 cm³/mol. The summed E-state index contributed by atoms with van der Waals surface area (Å²) in [4.78, 5) is 23.1. The molecule has 1 aromatic rings. The van der Waals surface area contributed by atoms with E-state index in [4.69, 9.17) is 5.11 Å². The topological polar surface area (TPSA) is 78.4 Å². The summed E-state index contributed by atoms with van der Waals surface area (Å²) in [6.45, 7) is 4.31. The first-order valence-corrected chi connectivity index (χ1v) is 5.74. The first-order valence-electron chi connectivity index (χ1n) is 4.93. The average molecular weight is 242 g/mol. The Labute approximate surface area is 97.5 Å². The molecular formula is C10H14N2O3S. The lowest BCUT2D eigenvalue weighted by atomic mass is 10.3. The number of urea groups is 1. The summed E-state index contributed by atoms with van der Waals surface area (Å²) in [6, 6.07) is 1.17. The summed E-state index contributed by atoms with van der Waals surface area (Å²) in [5.74, 6) is -1.03. The smallest absolute Gasteiger partial charge is 0.338 e. The molecule has 5 nitrogen and oxygen atoms in total. The lowest BCUT2D eigenvalue weighted by Gasteiger charge is -2.05. The molecule has 88 valence electrons. The van der Waals surface area contributed by atoms with Crippen LogP contribution >= 0.6 is 11.3 Å². The molecule has 0 saturated heterocycles. The van der Waals surface area contributed by atoms with Crippen LogP contribution in [-0.2, 0) is 0 Å². The first-order chi connectivity index (χ1) is 7.54. The van der Waals surface area contributed by atoms with Gasteiger partial charge in [-0.15, -0.1) is 11.3 Å². The van der Waals surface area contributed by atoms with Crippen LogP contribution in [0.15, 0.2) is 6.07 Å². The van der Waals surface area contributed by atoms with Crippen LogP contribution in [0.1, 0.15) is 28.6 Å². The fourth-order valence-electron chi connectivity index (χ4n) is 1.15. The molecule has 0 radical (unpaired) electrons. The van der Waals surface area contributed by atoms with Gasteiger partial charge in [-0.1, -0.05) is 6.92 Å². The van der Waals surface area contributed by atoms with E-state index < -0.39 is 5.97 Å². The van der Waals surface area contributed by atoms with Crippen LogP contribution in [0, 0.1) is 6.92 Å². The molecule has 0 fully saturated rings. The number of thiophene rings is 1. The molecule has 0 atom stereocenters. The Hall–Kier alpha value is -1.56. The summed E-state index contributed by atoms with van der Waals surface area (Å²) < 4.78 is 0. The maximum atomic E-state index is 11.3. The quantitative estimate of drug-likeness (QED) is 0.758. The second kappa shape index (κ2) is 5.50. The Kier molecular flexibility index (Phi) is 4.30. The van der Waals surface area contributed by atoms with Crippen LogP contribution in [0.25, 0.3) is 0 Å². The van der Waals surface area contributed by atoms with Gasteiger partial charge < -0.3 is 10.4 Å². The lowest BCUT2D eigenvalue weighted by molar-refractivity contribution is 0.0698. The molecule has 0 aliphatic carbocycles. The summed E-state index contributed by atoms with van der Waals surface area (Å²) >= 11 is 1.25. The van der Waals surface area contributed by atoms with Gasteiger partial charge in [0.1, 0.15) is 5.00 Å². The zero-order valence-corrected chi connectivity index (χ0v) is 9.98. The highest BCUT2D eigenvalue weighted by molar-refractivity contribution is 7.16. The van der Waals surface area contributed by atoms with Gasteiger partial charge in [0.05, 0.1) is 5.56 Å². The molecule has 0 bridgehead atoms. The minimum Gasteiger partial charge on any atom is -0.478 e. The highest BCUT2D eigenvalue weighted by Crippen LogP contribution is 2.27. The van der Waals surface area contributed by atoms with Crippen molar-refractivity contribution in [1.29, 1.82) is 0 Å². The number of aryl methyl sites for hydroxylation is 1. The second-order valence-corrected chi connectivity index (χ2v) is 4.54. The van der Waals surface area contributed by atoms with Gasteiger partial charge in [0.15, 0.2) is 0 Å². The first kappa shape index (κ1) is 12.5. The van der Waals surface area contributed by atoms with E-state index in [1.165, 1.54) is 11.3 Å². The fourth-order valence-corrected chi connectivity index (χ4v) is 2.05. The predicted octanol–water partition coefficient (Wildman–Crippen LogP) is 2.29. The standard InChI is InChI=1S/C10H14N2O3S/c1-3-4-11-10(15)12-8-7(9(13)14)5-6(2)16-8/h5H,3-4H2,1-2H3,(H,13,14)(H2,11,12,15). The van der Waals surface area contributed by atoms with Crippen molar-refractivity contribution in [3.05, 3.63) is 16.5 Å². The van der Waals surface area contributed by atoms with Crippen LogP contribution < -0.4 is 10.6 Å². The number of nitrogens with one attached hydrogen (secondary N) is 2. The molecule has 16 heavy (non-hydrogen) atoms.